The molecule has 0 aliphatic heterocycles. The summed E-state index contributed by atoms with van der Waals surface area (Å²) in [6.45, 7) is 5.73. The molecule has 2 rings (SSSR count). The second kappa shape index (κ2) is 5.92. The first kappa shape index (κ1) is 14.3. The van der Waals surface area contributed by atoms with Crippen LogP contribution < -0.4 is 0 Å². The van der Waals surface area contributed by atoms with Gasteiger partial charge in [-0.15, -0.1) is 5.73 Å². The van der Waals surface area contributed by atoms with E-state index in [0.717, 1.165) is 22.3 Å². The lowest BCUT2D eigenvalue weighted by atomic mass is 9.88. The predicted octanol–water partition coefficient (Wildman–Crippen LogP) is 4.68. The number of rotatable bonds is 3. The van der Waals surface area contributed by atoms with Gasteiger partial charge in [0, 0.05) is 0 Å². The summed E-state index contributed by atoms with van der Waals surface area (Å²) >= 11 is 0. The molecule has 2 aromatic carbocycles. The van der Waals surface area contributed by atoms with Crippen LogP contribution in [0, 0.1) is 0 Å². The molecule has 1 unspecified atom stereocenters. The molecule has 0 aromatic heterocycles. The van der Waals surface area contributed by atoms with Crippen LogP contribution in [0.4, 0.5) is 0 Å². The molecule has 0 aliphatic rings. The number of aliphatic hydroxyl groups is 1. The molecule has 0 amide bonds. The monoisotopic (exact) mass is 264 g/mol. The van der Waals surface area contributed by atoms with Gasteiger partial charge in [0.2, 0.25) is 0 Å². The van der Waals surface area contributed by atoms with E-state index in [9.17, 15) is 5.11 Å². The summed E-state index contributed by atoms with van der Waals surface area (Å²) in [6.07, 6.45) is 1.73. The summed E-state index contributed by atoms with van der Waals surface area (Å²) in [6, 6.07) is 18.1. The fraction of sp³-hybridized carbons (Fsp3) is 0.211. The van der Waals surface area contributed by atoms with Gasteiger partial charge in [0.15, 0.2) is 0 Å². The van der Waals surface area contributed by atoms with Crippen LogP contribution in [-0.2, 0) is 5.60 Å². The smallest absolute Gasteiger partial charge is 0.113 e. The third kappa shape index (κ3) is 3.27. The number of hydrogen-bond acceptors (Lipinski definition) is 1. The Morgan fingerprint density at radius 3 is 2.25 bits per heavy atom. The van der Waals surface area contributed by atoms with Gasteiger partial charge >= 0.3 is 0 Å². The van der Waals surface area contributed by atoms with Crippen molar-refractivity contribution in [3.63, 3.8) is 0 Å². The van der Waals surface area contributed by atoms with E-state index in [-0.39, 0.29) is 0 Å². The SMILES string of the molecule is CC(C)=C=CC(C)(O)c1ccccc1-c1ccccc1. The van der Waals surface area contributed by atoms with Crippen LogP contribution >= 0.6 is 0 Å². The van der Waals surface area contributed by atoms with E-state index >= 15 is 0 Å². The van der Waals surface area contributed by atoms with E-state index in [1.165, 1.54) is 0 Å². The van der Waals surface area contributed by atoms with Crippen molar-refractivity contribution in [2.45, 2.75) is 26.4 Å². The molecule has 0 saturated heterocycles. The lowest BCUT2D eigenvalue weighted by Gasteiger charge is -2.22. The predicted molar refractivity (Wildman–Crippen MR) is 84.4 cm³/mol. The first-order chi connectivity index (χ1) is 9.50. The van der Waals surface area contributed by atoms with Crippen LogP contribution in [-0.4, -0.2) is 5.11 Å². The highest BCUT2D eigenvalue weighted by atomic mass is 16.3. The van der Waals surface area contributed by atoms with Crippen LogP contribution in [0.1, 0.15) is 26.3 Å². The molecule has 102 valence electrons. The molecule has 0 radical (unpaired) electrons. The van der Waals surface area contributed by atoms with Gasteiger partial charge in [-0.1, -0.05) is 54.6 Å². The Balaban J connectivity index is 2.56. The molecule has 1 atom stereocenters. The van der Waals surface area contributed by atoms with E-state index in [2.05, 4.69) is 17.9 Å². The largest absolute Gasteiger partial charge is 0.381 e. The van der Waals surface area contributed by atoms with E-state index in [1.54, 1.807) is 13.0 Å². The molecule has 0 bridgehead atoms. The van der Waals surface area contributed by atoms with Gasteiger partial charge in [0.05, 0.1) is 0 Å². The van der Waals surface area contributed by atoms with Gasteiger partial charge < -0.3 is 5.11 Å². The highest BCUT2D eigenvalue weighted by Crippen LogP contribution is 2.32. The summed E-state index contributed by atoms with van der Waals surface area (Å²) in [4.78, 5) is 0. The normalized spacial score (nSPS) is 13.2. The lowest BCUT2D eigenvalue weighted by molar-refractivity contribution is 0.112. The van der Waals surface area contributed by atoms with Crippen molar-refractivity contribution < 1.29 is 5.11 Å². The molecular formula is C19H20O. The minimum Gasteiger partial charge on any atom is -0.381 e. The molecule has 2 aromatic rings. The fourth-order valence-electron chi connectivity index (χ4n) is 2.16. The zero-order chi connectivity index (χ0) is 14.6. The summed E-state index contributed by atoms with van der Waals surface area (Å²) in [7, 11) is 0. The quantitative estimate of drug-likeness (QED) is 0.798. The van der Waals surface area contributed by atoms with E-state index in [0.29, 0.717) is 0 Å². The standard InChI is InChI=1S/C19H20O/c1-15(2)13-14-19(3,20)18-12-8-7-11-17(18)16-9-5-4-6-10-16/h4-12,14,20H,1-3H3. The maximum absolute atomic E-state index is 10.7. The maximum Gasteiger partial charge on any atom is 0.113 e. The van der Waals surface area contributed by atoms with Gasteiger partial charge in [-0.2, -0.15) is 0 Å². The minimum absolute atomic E-state index is 0.889. The Morgan fingerprint density at radius 2 is 1.60 bits per heavy atom. The second-order valence-electron chi connectivity index (χ2n) is 5.35. The molecule has 1 nitrogen and oxygen atoms in total. The summed E-state index contributed by atoms with van der Waals surface area (Å²) < 4.78 is 0. The topological polar surface area (TPSA) is 20.2 Å². The van der Waals surface area contributed by atoms with Crippen LogP contribution in [0.5, 0.6) is 0 Å². The van der Waals surface area contributed by atoms with Crippen molar-refractivity contribution >= 4 is 0 Å². The molecule has 0 fully saturated rings. The Labute approximate surface area is 120 Å². The zero-order valence-electron chi connectivity index (χ0n) is 12.2. The van der Waals surface area contributed by atoms with Crippen LogP contribution in [0.2, 0.25) is 0 Å². The fourth-order valence-corrected chi connectivity index (χ4v) is 2.16. The van der Waals surface area contributed by atoms with Crippen molar-refractivity contribution in [2.75, 3.05) is 0 Å². The minimum atomic E-state index is -1.04. The van der Waals surface area contributed by atoms with E-state index < -0.39 is 5.60 Å². The van der Waals surface area contributed by atoms with Crippen molar-refractivity contribution in [1.29, 1.82) is 0 Å². The zero-order valence-corrected chi connectivity index (χ0v) is 12.2. The average molecular weight is 264 g/mol. The van der Waals surface area contributed by atoms with Crippen molar-refractivity contribution in [2.24, 2.45) is 0 Å². The number of benzene rings is 2. The second-order valence-corrected chi connectivity index (χ2v) is 5.35. The molecule has 0 saturated carbocycles. The molecular weight excluding hydrogens is 244 g/mol. The third-order valence-corrected chi connectivity index (χ3v) is 3.20. The van der Waals surface area contributed by atoms with Crippen molar-refractivity contribution in [1.82, 2.24) is 0 Å². The van der Waals surface area contributed by atoms with E-state index in [1.807, 2.05) is 56.3 Å². The van der Waals surface area contributed by atoms with Crippen molar-refractivity contribution in [3.8, 4) is 11.1 Å². The van der Waals surface area contributed by atoms with Gasteiger partial charge in [0.1, 0.15) is 5.60 Å². The highest BCUT2D eigenvalue weighted by Gasteiger charge is 2.23. The van der Waals surface area contributed by atoms with Crippen LogP contribution in [0.25, 0.3) is 11.1 Å². The highest BCUT2D eigenvalue weighted by molar-refractivity contribution is 5.68. The lowest BCUT2D eigenvalue weighted by Crippen LogP contribution is -2.18. The number of hydrogen-bond donors (Lipinski definition) is 1. The van der Waals surface area contributed by atoms with Gasteiger partial charge in [-0.25, -0.2) is 0 Å². The Bertz CT molecular complexity index is 640. The summed E-state index contributed by atoms with van der Waals surface area (Å²) in [5, 5.41) is 10.7. The molecule has 0 heterocycles. The summed E-state index contributed by atoms with van der Waals surface area (Å²) in [5.74, 6) is 0. The molecule has 1 heteroatoms. The molecule has 20 heavy (non-hydrogen) atoms. The maximum atomic E-state index is 10.7. The average Bonchev–Trinajstić information content (AvgIpc) is 2.46. The van der Waals surface area contributed by atoms with E-state index in [4.69, 9.17) is 0 Å². The molecule has 0 aliphatic carbocycles. The Kier molecular flexibility index (Phi) is 4.24. The van der Waals surface area contributed by atoms with Crippen LogP contribution in [0.15, 0.2) is 72.0 Å². The first-order valence-corrected chi connectivity index (χ1v) is 6.79. The van der Waals surface area contributed by atoms with Crippen molar-refractivity contribution in [3.05, 3.63) is 77.5 Å². The van der Waals surface area contributed by atoms with Gasteiger partial charge in [-0.05, 0) is 49.1 Å². The molecule has 1 N–H and O–H groups in total. The van der Waals surface area contributed by atoms with Gasteiger partial charge in [0.25, 0.3) is 0 Å². The Morgan fingerprint density at radius 1 is 1.00 bits per heavy atom. The third-order valence-electron chi connectivity index (χ3n) is 3.20. The molecule has 0 spiro atoms. The van der Waals surface area contributed by atoms with Gasteiger partial charge in [-0.3, -0.25) is 0 Å². The first-order valence-electron chi connectivity index (χ1n) is 6.79. The Hall–Kier alpha value is -2.08. The summed E-state index contributed by atoms with van der Waals surface area (Å²) in [5.41, 5.74) is 6.15. The van der Waals surface area contributed by atoms with Crippen LogP contribution in [0.3, 0.4) is 0 Å².